The van der Waals surface area contributed by atoms with Crippen LogP contribution in [0, 0.1) is 17.7 Å². The van der Waals surface area contributed by atoms with E-state index in [9.17, 15) is 17.6 Å². The molecule has 1 nitrogen and oxygen atoms in total. The van der Waals surface area contributed by atoms with Crippen LogP contribution in [0.3, 0.4) is 0 Å². The van der Waals surface area contributed by atoms with E-state index in [1.54, 1.807) is 0 Å². The van der Waals surface area contributed by atoms with Gasteiger partial charge in [0.05, 0.1) is 17.7 Å². The molecule has 2 N–H and O–H groups in total. The summed E-state index contributed by atoms with van der Waals surface area (Å²) in [5, 5.41) is 0. The molecule has 15 heavy (non-hydrogen) atoms. The first kappa shape index (κ1) is 11.5. The maximum Gasteiger partial charge on any atom is 0.416 e. The Hall–Kier alpha value is -1.54. The van der Waals surface area contributed by atoms with Crippen molar-refractivity contribution < 1.29 is 17.6 Å². The van der Waals surface area contributed by atoms with Gasteiger partial charge in [0, 0.05) is 0 Å². The first-order chi connectivity index (χ1) is 6.95. The van der Waals surface area contributed by atoms with Crippen LogP contribution in [0.2, 0.25) is 0 Å². The Kier molecular flexibility index (Phi) is 3.32. The Bertz CT molecular complexity index is 412. The lowest BCUT2D eigenvalue weighted by Gasteiger charge is -2.06. The molecule has 80 valence electrons. The number of rotatable bonds is 0. The molecule has 1 aromatic carbocycles. The Morgan fingerprint density at radius 2 is 1.93 bits per heavy atom. The van der Waals surface area contributed by atoms with E-state index in [4.69, 9.17) is 5.73 Å². The average Bonchev–Trinajstić information content (AvgIpc) is 2.15. The lowest BCUT2D eigenvalue weighted by molar-refractivity contribution is -0.137. The van der Waals surface area contributed by atoms with Gasteiger partial charge in [0.15, 0.2) is 0 Å². The summed E-state index contributed by atoms with van der Waals surface area (Å²) >= 11 is 0. The molecule has 0 amide bonds. The van der Waals surface area contributed by atoms with Gasteiger partial charge >= 0.3 is 6.18 Å². The fraction of sp³-hybridized carbons (Fsp3) is 0.200. The highest BCUT2D eigenvalue weighted by Crippen LogP contribution is 2.30. The second-order valence-corrected chi connectivity index (χ2v) is 2.70. The Morgan fingerprint density at radius 1 is 1.27 bits per heavy atom. The van der Waals surface area contributed by atoms with Crippen LogP contribution in [-0.2, 0) is 6.18 Å². The molecule has 0 heterocycles. The van der Waals surface area contributed by atoms with Gasteiger partial charge in [-0.15, -0.1) is 0 Å². The van der Waals surface area contributed by atoms with Gasteiger partial charge in [-0.2, -0.15) is 13.2 Å². The Balaban J connectivity index is 3.17. The van der Waals surface area contributed by atoms with Crippen LogP contribution in [0.1, 0.15) is 11.1 Å². The number of alkyl halides is 3. The molecule has 0 atom stereocenters. The highest BCUT2D eigenvalue weighted by atomic mass is 19.4. The van der Waals surface area contributed by atoms with Crippen molar-refractivity contribution in [2.24, 2.45) is 5.73 Å². The Labute approximate surface area is 83.9 Å². The number of halogens is 4. The third-order valence-electron chi connectivity index (χ3n) is 1.62. The highest BCUT2D eigenvalue weighted by molar-refractivity contribution is 5.39. The van der Waals surface area contributed by atoms with E-state index in [0.717, 1.165) is 6.07 Å². The van der Waals surface area contributed by atoms with Crippen LogP contribution in [0.15, 0.2) is 18.2 Å². The summed E-state index contributed by atoms with van der Waals surface area (Å²) < 4.78 is 49.6. The van der Waals surface area contributed by atoms with Crippen molar-refractivity contribution in [1.82, 2.24) is 0 Å². The molecule has 0 aliphatic carbocycles. The Morgan fingerprint density at radius 3 is 2.47 bits per heavy atom. The van der Waals surface area contributed by atoms with E-state index in [1.807, 2.05) is 0 Å². The molecule has 0 radical (unpaired) electrons. The second-order valence-electron chi connectivity index (χ2n) is 2.70. The normalized spacial score (nSPS) is 10.7. The second kappa shape index (κ2) is 4.32. The average molecular weight is 217 g/mol. The summed E-state index contributed by atoms with van der Waals surface area (Å²) in [5.74, 6) is 3.74. The molecule has 0 aromatic heterocycles. The van der Waals surface area contributed by atoms with Gasteiger partial charge in [0.25, 0.3) is 0 Å². The summed E-state index contributed by atoms with van der Waals surface area (Å²) in [6, 6.07) is 2.07. The topological polar surface area (TPSA) is 26.0 Å². The van der Waals surface area contributed by atoms with Crippen LogP contribution >= 0.6 is 0 Å². The summed E-state index contributed by atoms with van der Waals surface area (Å²) in [6.07, 6.45) is -4.49. The summed E-state index contributed by atoms with van der Waals surface area (Å²) in [7, 11) is 0. The zero-order valence-electron chi connectivity index (χ0n) is 7.53. The minimum Gasteiger partial charge on any atom is -0.320 e. The van der Waals surface area contributed by atoms with E-state index < -0.39 is 17.6 Å². The standard InChI is InChI=1S/C10H7F4N/c11-9-4-3-8(10(12,13)14)6-7(9)2-1-5-15/h3-4,6H,5,15H2. The van der Waals surface area contributed by atoms with Crippen LogP contribution in [0.4, 0.5) is 17.6 Å². The van der Waals surface area contributed by atoms with Crippen molar-refractivity contribution in [3.05, 3.63) is 35.1 Å². The molecule has 0 saturated heterocycles. The highest BCUT2D eigenvalue weighted by Gasteiger charge is 2.30. The predicted molar refractivity (Wildman–Crippen MR) is 47.3 cm³/mol. The zero-order chi connectivity index (χ0) is 11.5. The minimum absolute atomic E-state index is 0.0321. The van der Waals surface area contributed by atoms with Crippen molar-refractivity contribution in [2.75, 3.05) is 6.54 Å². The van der Waals surface area contributed by atoms with E-state index in [-0.39, 0.29) is 12.1 Å². The smallest absolute Gasteiger partial charge is 0.320 e. The van der Waals surface area contributed by atoms with Gasteiger partial charge in [0.2, 0.25) is 0 Å². The first-order valence-electron chi connectivity index (χ1n) is 4.01. The third-order valence-corrected chi connectivity index (χ3v) is 1.62. The first-order valence-corrected chi connectivity index (χ1v) is 4.01. The molecule has 0 aliphatic heterocycles. The van der Waals surface area contributed by atoms with Gasteiger partial charge in [0.1, 0.15) is 5.82 Å². The van der Waals surface area contributed by atoms with Crippen LogP contribution in [0.5, 0.6) is 0 Å². The molecule has 0 unspecified atom stereocenters. The predicted octanol–water partition coefficient (Wildman–Crippen LogP) is 2.15. The molecule has 0 spiro atoms. The summed E-state index contributed by atoms with van der Waals surface area (Å²) in [6.45, 7) is -0.0321. The molecule has 0 aliphatic rings. The number of hydrogen-bond acceptors (Lipinski definition) is 1. The number of nitrogens with two attached hydrogens (primary N) is 1. The van der Waals surface area contributed by atoms with E-state index in [1.165, 1.54) is 0 Å². The monoisotopic (exact) mass is 217 g/mol. The van der Waals surface area contributed by atoms with Crippen molar-refractivity contribution in [2.45, 2.75) is 6.18 Å². The van der Waals surface area contributed by atoms with Gasteiger partial charge < -0.3 is 5.73 Å². The van der Waals surface area contributed by atoms with Gasteiger partial charge in [-0.05, 0) is 18.2 Å². The van der Waals surface area contributed by atoms with Crippen molar-refractivity contribution in [1.29, 1.82) is 0 Å². The lowest BCUT2D eigenvalue weighted by Crippen LogP contribution is -2.05. The van der Waals surface area contributed by atoms with Crippen LogP contribution < -0.4 is 5.73 Å². The fourth-order valence-corrected chi connectivity index (χ4v) is 0.944. The van der Waals surface area contributed by atoms with Crippen molar-refractivity contribution in [3.63, 3.8) is 0 Å². The fourth-order valence-electron chi connectivity index (χ4n) is 0.944. The van der Waals surface area contributed by atoms with Gasteiger partial charge in [-0.1, -0.05) is 11.8 Å². The third kappa shape index (κ3) is 2.96. The molecule has 0 saturated carbocycles. The number of hydrogen-bond donors (Lipinski definition) is 1. The zero-order valence-corrected chi connectivity index (χ0v) is 7.53. The maximum absolute atomic E-state index is 13.0. The quantitative estimate of drug-likeness (QED) is 0.523. The molecule has 0 fully saturated rings. The van der Waals surface area contributed by atoms with Crippen molar-refractivity contribution in [3.8, 4) is 11.8 Å². The summed E-state index contributed by atoms with van der Waals surface area (Å²) in [5.41, 5.74) is 3.81. The molecule has 1 rings (SSSR count). The molecule has 5 heteroatoms. The molecule has 0 bridgehead atoms. The van der Waals surface area contributed by atoms with Crippen LogP contribution in [-0.4, -0.2) is 6.54 Å². The SMILES string of the molecule is NCC#Cc1cc(C(F)(F)F)ccc1F. The van der Waals surface area contributed by atoms with E-state index >= 15 is 0 Å². The molecular formula is C10H7F4N. The minimum atomic E-state index is -4.49. The molecular weight excluding hydrogens is 210 g/mol. The summed E-state index contributed by atoms with van der Waals surface area (Å²) in [4.78, 5) is 0. The maximum atomic E-state index is 13.0. The lowest BCUT2D eigenvalue weighted by atomic mass is 10.1. The number of benzene rings is 1. The van der Waals surface area contributed by atoms with E-state index in [0.29, 0.717) is 12.1 Å². The van der Waals surface area contributed by atoms with Gasteiger partial charge in [-0.3, -0.25) is 0 Å². The van der Waals surface area contributed by atoms with Gasteiger partial charge in [-0.25, -0.2) is 4.39 Å². The van der Waals surface area contributed by atoms with E-state index in [2.05, 4.69) is 11.8 Å². The van der Waals surface area contributed by atoms with Crippen LogP contribution in [0.25, 0.3) is 0 Å². The molecule has 1 aromatic rings. The van der Waals surface area contributed by atoms with Crippen molar-refractivity contribution >= 4 is 0 Å². The largest absolute Gasteiger partial charge is 0.416 e.